The van der Waals surface area contributed by atoms with Crippen molar-refractivity contribution in [3.63, 3.8) is 0 Å². The van der Waals surface area contributed by atoms with Crippen LogP contribution in [0.25, 0.3) is 0 Å². The highest BCUT2D eigenvalue weighted by atomic mass is 32.1. The Labute approximate surface area is 181 Å². The van der Waals surface area contributed by atoms with E-state index < -0.39 is 5.97 Å². The largest absolute Gasteiger partial charge is 0.477 e. The number of amides is 1. The summed E-state index contributed by atoms with van der Waals surface area (Å²) >= 11 is 1.32. The molecule has 0 unspecified atom stereocenters. The van der Waals surface area contributed by atoms with Gasteiger partial charge >= 0.3 is 5.97 Å². The van der Waals surface area contributed by atoms with Crippen LogP contribution in [0, 0.1) is 0 Å². The molecule has 1 amide bonds. The van der Waals surface area contributed by atoms with E-state index >= 15 is 0 Å². The Hall–Kier alpha value is -2.47. The molecule has 6 heteroatoms. The molecule has 2 aromatic rings. The molecule has 1 saturated heterocycles. The summed E-state index contributed by atoms with van der Waals surface area (Å²) in [5.41, 5.74) is 1.57. The maximum absolute atomic E-state index is 12.5. The second-order valence-electron chi connectivity index (χ2n) is 7.85. The van der Waals surface area contributed by atoms with E-state index in [2.05, 4.69) is 6.92 Å². The van der Waals surface area contributed by atoms with E-state index in [1.165, 1.54) is 11.3 Å². The molecule has 0 saturated carbocycles. The number of aromatic carboxylic acids is 1. The highest BCUT2D eigenvalue weighted by Gasteiger charge is 2.31. The predicted molar refractivity (Wildman–Crippen MR) is 120 cm³/mol. The van der Waals surface area contributed by atoms with Crippen LogP contribution in [0.3, 0.4) is 0 Å². The average Bonchev–Trinajstić information content (AvgIpc) is 3.35. The van der Waals surface area contributed by atoms with Crippen LogP contribution in [0.15, 0.2) is 36.4 Å². The van der Waals surface area contributed by atoms with Crippen molar-refractivity contribution in [2.24, 2.45) is 0 Å². The van der Waals surface area contributed by atoms with Gasteiger partial charge in [-0.2, -0.15) is 0 Å². The lowest BCUT2D eigenvalue weighted by atomic mass is 10.0. The van der Waals surface area contributed by atoms with Crippen molar-refractivity contribution in [1.29, 1.82) is 0 Å². The van der Waals surface area contributed by atoms with E-state index in [9.17, 15) is 14.4 Å². The Kier molecular flexibility index (Phi) is 7.80. The molecule has 0 aliphatic carbocycles. The smallest absolute Gasteiger partial charge is 0.345 e. The molecule has 1 atom stereocenters. The number of nitrogens with zero attached hydrogens (tertiary/aromatic N) is 1. The lowest BCUT2D eigenvalue weighted by Crippen LogP contribution is -2.32. The number of carboxylic acids is 1. The maximum atomic E-state index is 12.5. The van der Waals surface area contributed by atoms with E-state index in [1.807, 2.05) is 35.2 Å². The van der Waals surface area contributed by atoms with Crippen LogP contribution in [-0.2, 0) is 11.2 Å². The van der Waals surface area contributed by atoms with Gasteiger partial charge in [-0.25, -0.2) is 4.79 Å². The lowest BCUT2D eigenvalue weighted by Gasteiger charge is -2.25. The van der Waals surface area contributed by atoms with Crippen LogP contribution in [0.2, 0.25) is 0 Å². The van der Waals surface area contributed by atoms with E-state index in [0.717, 1.165) is 55.5 Å². The van der Waals surface area contributed by atoms with Gasteiger partial charge in [0, 0.05) is 35.0 Å². The third kappa shape index (κ3) is 5.57. The number of carboxylic acid groups (broad SMARTS) is 1. The van der Waals surface area contributed by atoms with Crippen molar-refractivity contribution in [2.75, 3.05) is 4.90 Å². The standard InChI is InChI=1S/C24H29NO4S/c1-2-3-4-8-21(26)17-9-11-19(12-10-17)25-18(13-16-23(25)27)6-5-7-20-14-15-22(30-20)24(28)29/h9-12,14-15,18H,2-8,13,16H2,1H3,(H,28,29)/t18-/m1/s1. The molecule has 1 N–H and O–H groups in total. The molecule has 0 spiro atoms. The fourth-order valence-electron chi connectivity index (χ4n) is 4.00. The summed E-state index contributed by atoms with van der Waals surface area (Å²) in [5.74, 6) is -0.589. The fourth-order valence-corrected chi connectivity index (χ4v) is 4.89. The molecule has 160 valence electrons. The number of benzene rings is 1. The molecule has 5 nitrogen and oxygen atoms in total. The highest BCUT2D eigenvalue weighted by molar-refractivity contribution is 7.13. The summed E-state index contributed by atoms with van der Waals surface area (Å²) in [6, 6.07) is 11.1. The zero-order valence-electron chi connectivity index (χ0n) is 17.4. The molecule has 30 heavy (non-hydrogen) atoms. The van der Waals surface area contributed by atoms with Crippen LogP contribution in [0.5, 0.6) is 0 Å². The molecule has 3 rings (SSSR count). The molecular formula is C24H29NO4S. The Morgan fingerprint density at radius 2 is 1.87 bits per heavy atom. The molecule has 1 aliphatic heterocycles. The van der Waals surface area contributed by atoms with E-state index in [0.29, 0.717) is 23.3 Å². The number of aryl methyl sites for hydroxylation is 1. The minimum atomic E-state index is -0.883. The SMILES string of the molecule is CCCCCC(=O)c1ccc(N2C(=O)CC[C@H]2CCCc2ccc(C(=O)O)s2)cc1. The van der Waals surface area contributed by atoms with Gasteiger partial charge in [-0.1, -0.05) is 19.8 Å². The minimum absolute atomic E-state index is 0.131. The molecule has 1 aromatic heterocycles. The summed E-state index contributed by atoms with van der Waals surface area (Å²) in [5, 5.41) is 9.04. The van der Waals surface area contributed by atoms with Crippen molar-refractivity contribution in [2.45, 2.75) is 70.8 Å². The van der Waals surface area contributed by atoms with Gasteiger partial charge < -0.3 is 10.0 Å². The van der Waals surface area contributed by atoms with Crippen LogP contribution in [0.1, 0.15) is 83.2 Å². The number of ketones is 1. The molecule has 2 heterocycles. The molecule has 1 aromatic carbocycles. The average molecular weight is 428 g/mol. The Morgan fingerprint density at radius 3 is 2.53 bits per heavy atom. The summed E-state index contributed by atoms with van der Waals surface area (Å²) in [6.45, 7) is 2.12. The third-order valence-corrected chi connectivity index (χ3v) is 6.77. The van der Waals surface area contributed by atoms with Crippen molar-refractivity contribution in [1.82, 2.24) is 0 Å². The molecule has 1 aliphatic rings. The second kappa shape index (κ2) is 10.5. The summed E-state index contributed by atoms with van der Waals surface area (Å²) in [7, 11) is 0. The first-order valence-corrected chi connectivity index (χ1v) is 11.6. The van der Waals surface area contributed by atoms with Crippen LogP contribution < -0.4 is 4.90 Å². The van der Waals surface area contributed by atoms with Gasteiger partial charge in [0.1, 0.15) is 4.88 Å². The number of hydrogen-bond acceptors (Lipinski definition) is 4. The van der Waals surface area contributed by atoms with Gasteiger partial charge in [-0.15, -0.1) is 11.3 Å². The Morgan fingerprint density at radius 1 is 1.10 bits per heavy atom. The first kappa shape index (κ1) is 22.2. The summed E-state index contributed by atoms with van der Waals surface area (Å²) < 4.78 is 0. The number of unbranched alkanes of at least 4 members (excludes halogenated alkanes) is 2. The topological polar surface area (TPSA) is 74.7 Å². The number of anilines is 1. The molecule has 1 fully saturated rings. The highest BCUT2D eigenvalue weighted by Crippen LogP contribution is 2.30. The normalized spacial score (nSPS) is 16.2. The fraction of sp³-hybridized carbons (Fsp3) is 0.458. The van der Waals surface area contributed by atoms with Gasteiger partial charge in [-0.3, -0.25) is 9.59 Å². The molecule has 0 radical (unpaired) electrons. The van der Waals surface area contributed by atoms with Crippen molar-refractivity contribution in [3.8, 4) is 0 Å². The number of carbonyl (C=O) groups excluding carboxylic acids is 2. The summed E-state index contributed by atoms with van der Waals surface area (Å²) in [4.78, 5) is 39.1. The number of Topliss-reactive ketones (excluding diaryl/α,β-unsaturated/α-hetero) is 1. The Bertz CT molecular complexity index is 887. The van der Waals surface area contributed by atoms with E-state index in [-0.39, 0.29) is 17.7 Å². The van der Waals surface area contributed by atoms with Gasteiger partial charge in [-0.05, 0) is 68.5 Å². The predicted octanol–water partition coefficient (Wildman–Crippen LogP) is 5.73. The van der Waals surface area contributed by atoms with Crippen molar-refractivity contribution < 1.29 is 19.5 Å². The monoisotopic (exact) mass is 427 g/mol. The first-order chi connectivity index (χ1) is 14.5. The van der Waals surface area contributed by atoms with Crippen LogP contribution in [0.4, 0.5) is 5.69 Å². The first-order valence-electron chi connectivity index (χ1n) is 10.8. The zero-order chi connectivity index (χ0) is 21.5. The quantitative estimate of drug-likeness (QED) is 0.367. The second-order valence-corrected chi connectivity index (χ2v) is 9.02. The van der Waals surface area contributed by atoms with Crippen LogP contribution in [-0.4, -0.2) is 28.8 Å². The van der Waals surface area contributed by atoms with Crippen molar-refractivity contribution in [3.05, 3.63) is 51.7 Å². The van der Waals surface area contributed by atoms with Crippen LogP contribution >= 0.6 is 11.3 Å². The van der Waals surface area contributed by atoms with Gasteiger partial charge in [0.25, 0.3) is 0 Å². The number of carbonyl (C=O) groups is 3. The Balaban J connectivity index is 1.57. The lowest BCUT2D eigenvalue weighted by molar-refractivity contribution is -0.117. The van der Waals surface area contributed by atoms with E-state index in [1.54, 1.807) is 6.07 Å². The van der Waals surface area contributed by atoms with Gasteiger partial charge in [0.2, 0.25) is 5.91 Å². The zero-order valence-corrected chi connectivity index (χ0v) is 18.2. The summed E-state index contributed by atoms with van der Waals surface area (Å²) in [6.07, 6.45) is 7.64. The third-order valence-electron chi connectivity index (χ3n) is 5.63. The molecular weight excluding hydrogens is 398 g/mol. The van der Waals surface area contributed by atoms with Gasteiger partial charge in [0.05, 0.1) is 0 Å². The number of rotatable bonds is 11. The van der Waals surface area contributed by atoms with Gasteiger partial charge in [0.15, 0.2) is 5.78 Å². The minimum Gasteiger partial charge on any atom is -0.477 e. The molecule has 0 bridgehead atoms. The number of hydrogen-bond donors (Lipinski definition) is 1. The van der Waals surface area contributed by atoms with Crippen molar-refractivity contribution >= 4 is 34.7 Å². The maximum Gasteiger partial charge on any atom is 0.345 e. The number of thiophene rings is 1. The van der Waals surface area contributed by atoms with E-state index in [4.69, 9.17) is 5.11 Å².